The Morgan fingerprint density at radius 1 is 1.47 bits per heavy atom. The van der Waals surface area contributed by atoms with E-state index in [1.54, 1.807) is 0 Å². The number of ether oxygens (including phenoxy) is 1. The maximum atomic E-state index is 12.8. The first-order valence-electron chi connectivity index (χ1n) is 3.81. The highest BCUT2D eigenvalue weighted by molar-refractivity contribution is 5.51. The number of nitro benzene ring substituents is 1. The summed E-state index contributed by atoms with van der Waals surface area (Å²) < 4.78 is 40.5. The van der Waals surface area contributed by atoms with Crippen LogP contribution in [0.4, 0.5) is 18.9 Å². The van der Waals surface area contributed by atoms with Crippen LogP contribution >= 0.6 is 0 Å². The molecule has 0 radical (unpaired) electrons. The highest BCUT2D eigenvalue weighted by atomic mass is 19.3. The Morgan fingerprint density at radius 2 is 2.07 bits per heavy atom. The minimum Gasteiger partial charge on any atom is -0.427 e. The molecule has 0 aliphatic heterocycles. The maximum Gasteiger partial charge on any atom is 0.387 e. The number of halogens is 3. The summed E-state index contributed by atoms with van der Waals surface area (Å²) in [5, 5.41) is 10.4. The molecule has 0 aliphatic carbocycles. The van der Waals surface area contributed by atoms with E-state index >= 15 is 0 Å². The van der Waals surface area contributed by atoms with Gasteiger partial charge >= 0.3 is 12.3 Å². The predicted molar refractivity (Wildman–Crippen MR) is 44.4 cm³/mol. The zero-order chi connectivity index (χ0) is 11.6. The van der Waals surface area contributed by atoms with E-state index < -0.39 is 28.8 Å². The molecule has 0 N–H and O–H groups in total. The molecule has 1 aromatic carbocycles. The van der Waals surface area contributed by atoms with Gasteiger partial charge in [0.25, 0.3) is 0 Å². The molecule has 0 aromatic heterocycles. The first kappa shape index (κ1) is 11.3. The van der Waals surface area contributed by atoms with Crippen molar-refractivity contribution in [3.63, 3.8) is 0 Å². The second kappa shape index (κ2) is 4.16. The minimum atomic E-state index is -3.19. The van der Waals surface area contributed by atoms with Crippen LogP contribution in [0.1, 0.15) is 5.56 Å². The number of rotatable bonds is 3. The Labute approximate surface area is 82.4 Å². The normalized spacial score (nSPS) is 10.5. The molecule has 82 valence electrons. The van der Waals surface area contributed by atoms with E-state index in [1.165, 1.54) is 6.92 Å². The van der Waals surface area contributed by atoms with Crippen LogP contribution < -0.4 is 4.74 Å². The number of hydrogen-bond donors (Lipinski definition) is 0. The van der Waals surface area contributed by atoms with Gasteiger partial charge in [-0.1, -0.05) is 0 Å². The van der Waals surface area contributed by atoms with Crippen molar-refractivity contribution in [2.24, 2.45) is 0 Å². The Morgan fingerprint density at radius 3 is 2.53 bits per heavy atom. The van der Waals surface area contributed by atoms with Crippen LogP contribution in [0, 0.1) is 22.9 Å². The summed E-state index contributed by atoms with van der Waals surface area (Å²) in [7, 11) is 0. The molecule has 0 aliphatic rings. The summed E-state index contributed by atoms with van der Waals surface area (Å²) in [4.78, 5) is 9.44. The second-order valence-electron chi connectivity index (χ2n) is 2.71. The Kier molecular flexibility index (Phi) is 3.13. The molecule has 0 saturated heterocycles. The van der Waals surface area contributed by atoms with Crippen molar-refractivity contribution in [1.29, 1.82) is 0 Å². The minimum absolute atomic E-state index is 0.0537. The molecule has 15 heavy (non-hydrogen) atoms. The highest BCUT2D eigenvalue weighted by Gasteiger charge is 2.22. The second-order valence-corrected chi connectivity index (χ2v) is 2.71. The standard InChI is InChI=1S/C8H6F3NO3/c1-4-2-5(9)3-6(12(13)14)7(4)15-8(10)11/h2-3,8H,1H3. The molecule has 4 nitrogen and oxygen atoms in total. The van der Waals surface area contributed by atoms with Crippen molar-refractivity contribution in [3.8, 4) is 5.75 Å². The summed E-state index contributed by atoms with van der Waals surface area (Å²) in [6.45, 7) is -1.94. The van der Waals surface area contributed by atoms with Crippen LogP contribution in [0.15, 0.2) is 12.1 Å². The Balaban J connectivity index is 3.27. The molecule has 0 spiro atoms. The third kappa shape index (κ3) is 2.58. The number of nitro groups is 1. The summed E-state index contributed by atoms with van der Waals surface area (Å²) in [5.74, 6) is -1.49. The van der Waals surface area contributed by atoms with Gasteiger partial charge in [0.05, 0.1) is 11.0 Å². The Hall–Kier alpha value is -1.79. The average Bonchev–Trinajstić information content (AvgIpc) is 2.08. The van der Waals surface area contributed by atoms with E-state index in [-0.39, 0.29) is 5.56 Å². The molecule has 1 rings (SSSR count). The van der Waals surface area contributed by atoms with Crippen molar-refractivity contribution in [3.05, 3.63) is 33.6 Å². The lowest BCUT2D eigenvalue weighted by Crippen LogP contribution is -2.06. The average molecular weight is 221 g/mol. The molecule has 7 heteroatoms. The molecule has 0 heterocycles. The zero-order valence-corrected chi connectivity index (χ0v) is 7.54. The van der Waals surface area contributed by atoms with Gasteiger partial charge in [-0.2, -0.15) is 8.78 Å². The summed E-state index contributed by atoms with van der Waals surface area (Å²) in [5.41, 5.74) is -0.866. The molecule has 0 saturated carbocycles. The van der Waals surface area contributed by atoms with Gasteiger partial charge in [0.2, 0.25) is 5.75 Å². The van der Waals surface area contributed by atoms with E-state index in [1.807, 2.05) is 0 Å². The highest BCUT2D eigenvalue weighted by Crippen LogP contribution is 2.32. The van der Waals surface area contributed by atoms with Crippen LogP contribution in [0.3, 0.4) is 0 Å². The molecule has 0 fully saturated rings. The van der Waals surface area contributed by atoms with E-state index in [0.717, 1.165) is 6.07 Å². The lowest BCUT2D eigenvalue weighted by Gasteiger charge is -2.07. The third-order valence-electron chi connectivity index (χ3n) is 1.62. The van der Waals surface area contributed by atoms with Crippen molar-refractivity contribution < 1.29 is 22.8 Å². The zero-order valence-electron chi connectivity index (χ0n) is 7.54. The number of hydrogen-bond acceptors (Lipinski definition) is 3. The van der Waals surface area contributed by atoms with Crippen molar-refractivity contribution in [2.45, 2.75) is 13.5 Å². The summed E-state index contributed by atoms with van der Waals surface area (Å²) in [6, 6.07) is 1.41. The lowest BCUT2D eigenvalue weighted by molar-refractivity contribution is -0.386. The van der Waals surface area contributed by atoms with Crippen LogP contribution in [-0.2, 0) is 0 Å². The molecule has 0 bridgehead atoms. The van der Waals surface area contributed by atoms with Gasteiger partial charge in [0.1, 0.15) is 5.82 Å². The molecule has 0 atom stereocenters. The number of benzene rings is 1. The largest absolute Gasteiger partial charge is 0.427 e. The molecular weight excluding hydrogens is 215 g/mol. The molecule has 0 amide bonds. The Bertz CT molecular complexity index is 395. The fourth-order valence-electron chi connectivity index (χ4n) is 1.09. The molecular formula is C8H6F3NO3. The predicted octanol–water partition coefficient (Wildman–Crippen LogP) is 2.64. The topological polar surface area (TPSA) is 52.4 Å². The number of alkyl halides is 2. The van der Waals surface area contributed by atoms with E-state index in [4.69, 9.17) is 0 Å². The maximum absolute atomic E-state index is 12.8. The lowest BCUT2D eigenvalue weighted by atomic mass is 10.2. The SMILES string of the molecule is Cc1cc(F)cc([N+](=O)[O-])c1OC(F)F. The van der Waals surface area contributed by atoms with Gasteiger partial charge in [0, 0.05) is 5.56 Å². The fourth-order valence-corrected chi connectivity index (χ4v) is 1.09. The van der Waals surface area contributed by atoms with E-state index in [2.05, 4.69) is 4.74 Å². The van der Waals surface area contributed by atoms with Gasteiger partial charge in [-0.3, -0.25) is 10.1 Å². The van der Waals surface area contributed by atoms with Gasteiger partial charge in [0.15, 0.2) is 0 Å². The van der Waals surface area contributed by atoms with Crippen LogP contribution in [0.2, 0.25) is 0 Å². The van der Waals surface area contributed by atoms with E-state index in [0.29, 0.717) is 6.07 Å². The van der Waals surface area contributed by atoms with Crippen LogP contribution in [-0.4, -0.2) is 11.5 Å². The molecule has 0 unspecified atom stereocenters. The van der Waals surface area contributed by atoms with Gasteiger partial charge in [-0.15, -0.1) is 0 Å². The first-order valence-corrected chi connectivity index (χ1v) is 3.81. The van der Waals surface area contributed by atoms with Gasteiger partial charge in [-0.05, 0) is 13.0 Å². The fraction of sp³-hybridized carbons (Fsp3) is 0.250. The molecule has 1 aromatic rings. The van der Waals surface area contributed by atoms with Crippen LogP contribution in [0.5, 0.6) is 5.75 Å². The third-order valence-corrected chi connectivity index (χ3v) is 1.62. The van der Waals surface area contributed by atoms with Gasteiger partial charge in [-0.25, -0.2) is 4.39 Å². The van der Waals surface area contributed by atoms with Crippen LogP contribution in [0.25, 0.3) is 0 Å². The number of aryl methyl sites for hydroxylation is 1. The van der Waals surface area contributed by atoms with Crippen molar-refractivity contribution in [2.75, 3.05) is 0 Å². The number of nitrogens with zero attached hydrogens (tertiary/aromatic N) is 1. The van der Waals surface area contributed by atoms with Gasteiger partial charge < -0.3 is 4.74 Å². The van der Waals surface area contributed by atoms with Crippen molar-refractivity contribution >= 4 is 5.69 Å². The monoisotopic (exact) mass is 221 g/mol. The summed E-state index contributed by atoms with van der Waals surface area (Å²) in [6.07, 6.45) is 0. The summed E-state index contributed by atoms with van der Waals surface area (Å²) >= 11 is 0. The first-order chi connectivity index (χ1) is 6.91. The van der Waals surface area contributed by atoms with Crippen molar-refractivity contribution in [1.82, 2.24) is 0 Å². The quantitative estimate of drug-likeness (QED) is 0.582. The van der Waals surface area contributed by atoms with E-state index in [9.17, 15) is 23.3 Å². The smallest absolute Gasteiger partial charge is 0.387 e.